The van der Waals surface area contributed by atoms with E-state index in [1.807, 2.05) is 42.5 Å². The molecule has 0 saturated carbocycles. The van der Waals surface area contributed by atoms with Crippen molar-refractivity contribution >= 4 is 29.3 Å². The number of benzene rings is 2. The highest BCUT2D eigenvalue weighted by Crippen LogP contribution is 2.25. The van der Waals surface area contributed by atoms with Gasteiger partial charge in [0.05, 0.1) is 5.75 Å². The quantitative estimate of drug-likeness (QED) is 0.525. The summed E-state index contributed by atoms with van der Waals surface area (Å²) in [7, 11) is 0. The first-order valence-corrected chi connectivity index (χ1v) is 10.7. The van der Waals surface area contributed by atoms with Crippen LogP contribution >= 0.6 is 23.4 Å². The van der Waals surface area contributed by atoms with E-state index in [0.717, 1.165) is 35.9 Å². The third-order valence-electron chi connectivity index (χ3n) is 4.18. The minimum absolute atomic E-state index is 0.0000209. The fourth-order valence-electron chi connectivity index (χ4n) is 2.81. The predicted molar refractivity (Wildman–Crippen MR) is 115 cm³/mol. The van der Waals surface area contributed by atoms with Crippen molar-refractivity contribution in [3.8, 4) is 11.4 Å². The van der Waals surface area contributed by atoms with Crippen LogP contribution in [-0.4, -0.2) is 33.0 Å². The fraction of sp³-hybridized carbons (Fsp3) is 0.286. The van der Waals surface area contributed by atoms with E-state index in [0.29, 0.717) is 17.3 Å². The Morgan fingerprint density at radius 3 is 2.57 bits per heavy atom. The molecule has 1 aromatic heterocycles. The lowest BCUT2D eigenvalue weighted by Crippen LogP contribution is -2.27. The van der Waals surface area contributed by atoms with Crippen LogP contribution in [0.5, 0.6) is 0 Å². The van der Waals surface area contributed by atoms with Crippen molar-refractivity contribution < 1.29 is 4.79 Å². The summed E-state index contributed by atoms with van der Waals surface area (Å²) in [6, 6.07) is 17.7. The van der Waals surface area contributed by atoms with E-state index >= 15 is 0 Å². The van der Waals surface area contributed by atoms with Crippen LogP contribution in [-0.2, 0) is 17.8 Å². The largest absolute Gasteiger partial charge is 0.355 e. The normalized spacial score (nSPS) is 10.8. The van der Waals surface area contributed by atoms with Gasteiger partial charge in [0.2, 0.25) is 5.91 Å². The Morgan fingerprint density at radius 2 is 1.86 bits per heavy atom. The molecule has 146 valence electrons. The minimum Gasteiger partial charge on any atom is -0.355 e. The zero-order valence-electron chi connectivity index (χ0n) is 15.8. The number of carbonyl (C=O) groups is 1. The number of hydrogen-bond acceptors (Lipinski definition) is 4. The van der Waals surface area contributed by atoms with Gasteiger partial charge in [-0.3, -0.25) is 4.79 Å². The Morgan fingerprint density at radius 1 is 1.11 bits per heavy atom. The Kier molecular flexibility index (Phi) is 7.51. The molecular formula is C21H23ClN4OS. The second kappa shape index (κ2) is 10.3. The number of carbonyl (C=O) groups excluding carboxylic acids is 1. The van der Waals surface area contributed by atoms with Gasteiger partial charge in [-0.05, 0) is 42.7 Å². The molecule has 3 rings (SSSR count). The molecule has 7 heteroatoms. The maximum atomic E-state index is 12.2. The van der Waals surface area contributed by atoms with Gasteiger partial charge in [0.1, 0.15) is 0 Å². The van der Waals surface area contributed by atoms with E-state index in [4.69, 9.17) is 11.6 Å². The molecule has 5 nitrogen and oxygen atoms in total. The molecule has 3 aromatic rings. The monoisotopic (exact) mass is 414 g/mol. The molecular weight excluding hydrogens is 392 g/mol. The highest BCUT2D eigenvalue weighted by Gasteiger charge is 2.15. The molecule has 28 heavy (non-hydrogen) atoms. The van der Waals surface area contributed by atoms with Gasteiger partial charge in [-0.25, -0.2) is 0 Å². The van der Waals surface area contributed by atoms with Gasteiger partial charge in [0.25, 0.3) is 0 Å². The van der Waals surface area contributed by atoms with Crippen molar-refractivity contribution in [2.24, 2.45) is 0 Å². The van der Waals surface area contributed by atoms with Crippen LogP contribution in [0.4, 0.5) is 0 Å². The standard InChI is InChI=1S/C21H23ClN4OS/c1-2-14-26-20(17-8-10-18(22)11-9-17)24-25-21(26)28-15-19(27)23-13-12-16-6-4-3-5-7-16/h3-11H,2,12-15H2,1H3,(H,23,27). The molecule has 1 amide bonds. The first kappa shape index (κ1) is 20.4. The second-order valence-corrected chi connectivity index (χ2v) is 7.72. The third kappa shape index (κ3) is 5.59. The molecule has 0 radical (unpaired) electrons. The Labute approximate surface area is 174 Å². The summed E-state index contributed by atoms with van der Waals surface area (Å²) in [4.78, 5) is 12.2. The Balaban J connectivity index is 1.57. The summed E-state index contributed by atoms with van der Waals surface area (Å²) in [5, 5.41) is 13.0. The van der Waals surface area contributed by atoms with Crippen LogP contribution in [0.3, 0.4) is 0 Å². The summed E-state index contributed by atoms with van der Waals surface area (Å²) >= 11 is 7.39. The maximum Gasteiger partial charge on any atom is 0.230 e. The van der Waals surface area contributed by atoms with E-state index in [9.17, 15) is 4.79 Å². The number of aromatic nitrogens is 3. The molecule has 2 aromatic carbocycles. The lowest BCUT2D eigenvalue weighted by molar-refractivity contribution is -0.118. The summed E-state index contributed by atoms with van der Waals surface area (Å²) < 4.78 is 2.06. The summed E-state index contributed by atoms with van der Waals surface area (Å²) in [5.41, 5.74) is 2.18. The van der Waals surface area contributed by atoms with E-state index in [2.05, 4.69) is 39.1 Å². The van der Waals surface area contributed by atoms with E-state index in [1.54, 1.807) is 0 Å². The lowest BCUT2D eigenvalue weighted by Gasteiger charge is -2.09. The van der Waals surface area contributed by atoms with E-state index < -0.39 is 0 Å². The van der Waals surface area contributed by atoms with Gasteiger partial charge >= 0.3 is 0 Å². The number of halogens is 1. The molecule has 1 heterocycles. The topological polar surface area (TPSA) is 59.8 Å². The van der Waals surface area contributed by atoms with Gasteiger partial charge in [-0.1, -0.05) is 60.6 Å². The van der Waals surface area contributed by atoms with Crippen LogP contribution in [0.15, 0.2) is 59.8 Å². The van der Waals surface area contributed by atoms with Crippen molar-refractivity contribution in [3.63, 3.8) is 0 Å². The minimum atomic E-state index is 0.0000209. The number of nitrogens with zero attached hydrogens (tertiary/aromatic N) is 3. The molecule has 0 aliphatic rings. The summed E-state index contributed by atoms with van der Waals surface area (Å²) in [5.74, 6) is 1.11. The first-order chi connectivity index (χ1) is 13.7. The molecule has 0 fully saturated rings. The second-order valence-electron chi connectivity index (χ2n) is 6.34. The predicted octanol–water partition coefficient (Wildman–Crippen LogP) is 4.46. The van der Waals surface area contributed by atoms with Crippen molar-refractivity contribution in [2.75, 3.05) is 12.3 Å². The van der Waals surface area contributed by atoms with Crippen LogP contribution in [0.25, 0.3) is 11.4 Å². The van der Waals surface area contributed by atoms with E-state index in [-0.39, 0.29) is 5.91 Å². The molecule has 0 spiro atoms. The number of hydrogen-bond donors (Lipinski definition) is 1. The highest BCUT2D eigenvalue weighted by molar-refractivity contribution is 7.99. The molecule has 0 atom stereocenters. The van der Waals surface area contributed by atoms with Crippen molar-refractivity contribution in [1.29, 1.82) is 0 Å². The maximum absolute atomic E-state index is 12.2. The van der Waals surface area contributed by atoms with Crippen LogP contribution in [0.1, 0.15) is 18.9 Å². The SMILES string of the molecule is CCCn1c(SCC(=O)NCCc2ccccc2)nnc1-c1ccc(Cl)cc1. The summed E-state index contributed by atoms with van der Waals surface area (Å²) in [6.45, 7) is 3.53. The number of thioether (sulfide) groups is 1. The van der Waals surface area contributed by atoms with Crippen molar-refractivity contribution in [1.82, 2.24) is 20.1 Å². The zero-order valence-corrected chi connectivity index (χ0v) is 17.3. The molecule has 0 aliphatic heterocycles. The molecule has 0 unspecified atom stereocenters. The molecule has 1 N–H and O–H groups in total. The average Bonchev–Trinajstić information content (AvgIpc) is 3.11. The van der Waals surface area contributed by atoms with E-state index in [1.165, 1.54) is 17.3 Å². The number of rotatable bonds is 9. The Bertz CT molecular complexity index is 897. The molecule has 0 saturated heterocycles. The fourth-order valence-corrected chi connectivity index (χ4v) is 3.73. The third-order valence-corrected chi connectivity index (χ3v) is 5.40. The van der Waals surface area contributed by atoms with Crippen LogP contribution in [0.2, 0.25) is 5.02 Å². The number of amides is 1. The highest BCUT2D eigenvalue weighted by atomic mass is 35.5. The summed E-state index contributed by atoms with van der Waals surface area (Å²) in [6.07, 6.45) is 1.78. The van der Waals surface area contributed by atoms with Gasteiger partial charge in [-0.2, -0.15) is 0 Å². The van der Waals surface area contributed by atoms with Crippen molar-refractivity contribution in [2.45, 2.75) is 31.5 Å². The van der Waals surface area contributed by atoms with Crippen LogP contribution < -0.4 is 5.32 Å². The zero-order chi connectivity index (χ0) is 19.8. The first-order valence-electron chi connectivity index (χ1n) is 9.30. The smallest absolute Gasteiger partial charge is 0.230 e. The van der Waals surface area contributed by atoms with Gasteiger partial charge in [0.15, 0.2) is 11.0 Å². The molecule has 0 aliphatic carbocycles. The Hall–Kier alpha value is -2.31. The number of nitrogens with one attached hydrogen (secondary N) is 1. The molecule has 0 bridgehead atoms. The average molecular weight is 415 g/mol. The lowest BCUT2D eigenvalue weighted by atomic mass is 10.1. The van der Waals surface area contributed by atoms with Gasteiger partial charge in [0, 0.05) is 23.7 Å². The van der Waals surface area contributed by atoms with Crippen molar-refractivity contribution in [3.05, 3.63) is 65.2 Å². The van der Waals surface area contributed by atoms with Gasteiger partial charge in [-0.15, -0.1) is 10.2 Å². The van der Waals surface area contributed by atoms with Crippen LogP contribution in [0, 0.1) is 0 Å². The van der Waals surface area contributed by atoms with Gasteiger partial charge < -0.3 is 9.88 Å².